The third-order valence-electron chi connectivity index (χ3n) is 3.69. The number of aromatic nitrogens is 3. The minimum absolute atomic E-state index is 0.218. The van der Waals surface area contributed by atoms with Crippen molar-refractivity contribution >= 4 is 17.2 Å². The molecule has 3 rings (SSSR count). The summed E-state index contributed by atoms with van der Waals surface area (Å²) in [6, 6.07) is 2.06. The number of aryl methyl sites for hydroxylation is 2. The van der Waals surface area contributed by atoms with Gasteiger partial charge in [0.05, 0.1) is 26.1 Å². The van der Waals surface area contributed by atoms with Gasteiger partial charge in [-0.1, -0.05) is 0 Å². The maximum Gasteiger partial charge on any atom is 0.219 e. The van der Waals surface area contributed by atoms with Crippen molar-refractivity contribution in [1.29, 1.82) is 0 Å². The van der Waals surface area contributed by atoms with Gasteiger partial charge >= 0.3 is 0 Å². The summed E-state index contributed by atoms with van der Waals surface area (Å²) in [6.07, 6.45) is 3.23. The van der Waals surface area contributed by atoms with Gasteiger partial charge in [0.25, 0.3) is 0 Å². The van der Waals surface area contributed by atoms with Gasteiger partial charge < -0.3 is 14.8 Å². The van der Waals surface area contributed by atoms with Crippen molar-refractivity contribution in [1.82, 2.24) is 25.4 Å². The van der Waals surface area contributed by atoms with Crippen molar-refractivity contribution in [2.45, 2.75) is 19.8 Å². The molecule has 8 nitrogen and oxygen atoms in total. The first-order valence-corrected chi connectivity index (χ1v) is 7.26. The fraction of sp³-hybridized carbons (Fsp3) is 0.400. The van der Waals surface area contributed by atoms with Crippen LogP contribution in [0, 0.1) is 6.92 Å². The van der Waals surface area contributed by atoms with Crippen LogP contribution in [0.25, 0.3) is 11.0 Å². The average Bonchev–Trinajstić information content (AvgIpc) is 2.86. The van der Waals surface area contributed by atoms with Gasteiger partial charge in [0.1, 0.15) is 0 Å². The molecule has 2 N–H and O–H groups in total. The Morgan fingerprint density at radius 3 is 2.83 bits per heavy atom. The van der Waals surface area contributed by atoms with E-state index < -0.39 is 0 Å². The van der Waals surface area contributed by atoms with Crippen LogP contribution in [-0.4, -0.2) is 41.5 Å². The quantitative estimate of drug-likeness (QED) is 0.849. The lowest BCUT2D eigenvalue weighted by molar-refractivity contribution is 0.307. The third-order valence-corrected chi connectivity index (χ3v) is 3.69. The number of fused-ring (bicyclic) bond motifs is 1. The summed E-state index contributed by atoms with van der Waals surface area (Å²) in [4.78, 5) is 8.87. The molecule has 1 aliphatic rings. The number of allylic oxidation sites excluding steroid dienone is 1. The van der Waals surface area contributed by atoms with Crippen LogP contribution in [-0.2, 0) is 18.3 Å². The molecule has 3 heterocycles. The van der Waals surface area contributed by atoms with Crippen LogP contribution in [0.4, 0.5) is 0 Å². The van der Waals surface area contributed by atoms with Gasteiger partial charge in [0.2, 0.25) is 5.88 Å². The fourth-order valence-corrected chi connectivity index (χ4v) is 2.49. The molecule has 0 amide bonds. The lowest BCUT2D eigenvalue weighted by Gasteiger charge is -2.19. The molecule has 0 saturated heterocycles. The van der Waals surface area contributed by atoms with Crippen LogP contribution in [0.5, 0.6) is 5.88 Å². The largest absolute Gasteiger partial charge is 0.494 e. The number of aliphatic imine (C=N–C) groups is 1. The van der Waals surface area contributed by atoms with E-state index in [1.165, 1.54) is 0 Å². The summed E-state index contributed by atoms with van der Waals surface area (Å²) in [7, 11) is 5.10. The molecule has 0 bridgehead atoms. The highest BCUT2D eigenvalue weighted by Crippen LogP contribution is 2.24. The molecular weight excluding hydrogens is 296 g/mol. The summed E-state index contributed by atoms with van der Waals surface area (Å²) in [6.45, 7) is 2.53. The Labute approximate surface area is 134 Å². The molecule has 1 aliphatic heterocycles. The minimum atomic E-state index is -0.218. The summed E-state index contributed by atoms with van der Waals surface area (Å²) < 4.78 is 12.3. The first-order valence-electron chi connectivity index (χ1n) is 7.26. The first-order chi connectivity index (χ1) is 11.1. The monoisotopic (exact) mass is 316 g/mol. The molecule has 122 valence electrons. The van der Waals surface area contributed by atoms with Crippen molar-refractivity contribution in [2.75, 3.05) is 14.2 Å². The number of rotatable bonds is 5. The van der Waals surface area contributed by atoms with E-state index in [0.29, 0.717) is 18.2 Å². The Balaban J connectivity index is 1.79. The Hall–Kier alpha value is -2.61. The van der Waals surface area contributed by atoms with E-state index in [9.17, 15) is 0 Å². The molecule has 1 unspecified atom stereocenters. The molecule has 8 heteroatoms. The van der Waals surface area contributed by atoms with Gasteiger partial charge in [-0.15, -0.1) is 0 Å². The highest BCUT2D eigenvalue weighted by atomic mass is 16.5. The highest BCUT2D eigenvalue weighted by Gasteiger charge is 2.15. The molecule has 23 heavy (non-hydrogen) atoms. The summed E-state index contributed by atoms with van der Waals surface area (Å²) in [5.41, 5.74) is 2.71. The van der Waals surface area contributed by atoms with Crippen molar-refractivity contribution < 1.29 is 9.47 Å². The molecule has 0 aromatic carbocycles. The SMILES string of the molecule is COC1=CNC(NCc2cc3c(C)nn(C)c3nc2OC)N=C1. The Morgan fingerprint density at radius 1 is 1.35 bits per heavy atom. The zero-order valence-corrected chi connectivity index (χ0v) is 13.6. The zero-order valence-electron chi connectivity index (χ0n) is 13.6. The lowest BCUT2D eigenvalue weighted by Crippen LogP contribution is -2.39. The molecule has 2 aromatic heterocycles. The van der Waals surface area contributed by atoms with E-state index in [4.69, 9.17) is 9.47 Å². The molecule has 2 aromatic rings. The summed E-state index contributed by atoms with van der Waals surface area (Å²) in [5.74, 6) is 1.27. The number of hydrogen-bond acceptors (Lipinski definition) is 7. The molecule has 0 spiro atoms. The Bertz CT molecular complexity index is 780. The fourth-order valence-electron chi connectivity index (χ4n) is 2.49. The molecule has 0 fully saturated rings. The number of pyridine rings is 1. The molecule has 0 radical (unpaired) electrons. The van der Waals surface area contributed by atoms with E-state index in [1.54, 1.807) is 31.3 Å². The number of nitrogens with one attached hydrogen (secondary N) is 2. The smallest absolute Gasteiger partial charge is 0.219 e. The van der Waals surface area contributed by atoms with Gasteiger partial charge in [0, 0.05) is 30.7 Å². The molecule has 0 aliphatic carbocycles. The third kappa shape index (κ3) is 2.98. The number of nitrogens with zero attached hydrogens (tertiary/aromatic N) is 4. The number of hydrogen-bond donors (Lipinski definition) is 2. The zero-order chi connectivity index (χ0) is 16.4. The van der Waals surface area contributed by atoms with E-state index in [1.807, 2.05) is 14.0 Å². The molecule has 1 atom stereocenters. The van der Waals surface area contributed by atoms with Crippen LogP contribution in [0.15, 0.2) is 23.0 Å². The van der Waals surface area contributed by atoms with E-state index in [0.717, 1.165) is 22.3 Å². The minimum Gasteiger partial charge on any atom is -0.494 e. The van der Waals surface area contributed by atoms with E-state index in [-0.39, 0.29) is 6.29 Å². The van der Waals surface area contributed by atoms with Crippen LogP contribution in [0.3, 0.4) is 0 Å². The molecule has 0 saturated carbocycles. The second kappa shape index (κ2) is 6.25. The van der Waals surface area contributed by atoms with Gasteiger partial charge in [-0.2, -0.15) is 10.1 Å². The Morgan fingerprint density at radius 2 is 2.17 bits per heavy atom. The van der Waals surface area contributed by atoms with Crippen molar-refractivity contribution in [3.63, 3.8) is 0 Å². The number of methoxy groups -OCH3 is 2. The van der Waals surface area contributed by atoms with Crippen LogP contribution < -0.4 is 15.4 Å². The first kappa shape index (κ1) is 15.3. The second-order valence-electron chi connectivity index (χ2n) is 5.22. The van der Waals surface area contributed by atoms with Gasteiger partial charge in [-0.05, 0) is 13.0 Å². The van der Waals surface area contributed by atoms with Gasteiger partial charge in [0.15, 0.2) is 17.7 Å². The standard InChI is InChI=1S/C15H20N6O2/c1-9-12-5-10(14(23-4)19-13(12)21(2)20-9)6-16-15-17-7-11(22-3)8-18-15/h5,7-8,15-17H,6H2,1-4H3. The van der Waals surface area contributed by atoms with Crippen molar-refractivity contribution in [2.24, 2.45) is 12.0 Å². The van der Waals surface area contributed by atoms with Crippen LogP contribution in [0.2, 0.25) is 0 Å². The Kier molecular flexibility index (Phi) is 4.16. The van der Waals surface area contributed by atoms with Crippen molar-refractivity contribution in [3.05, 3.63) is 29.3 Å². The average molecular weight is 316 g/mol. The van der Waals surface area contributed by atoms with Crippen LogP contribution >= 0.6 is 0 Å². The van der Waals surface area contributed by atoms with Gasteiger partial charge in [-0.3, -0.25) is 10.00 Å². The highest BCUT2D eigenvalue weighted by molar-refractivity contribution is 5.80. The maximum absolute atomic E-state index is 5.41. The molecular formula is C15H20N6O2. The summed E-state index contributed by atoms with van der Waals surface area (Å²) in [5, 5.41) is 11.8. The van der Waals surface area contributed by atoms with Gasteiger partial charge in [-0.25, -0.2) is 4.99 Å². The maximum atomic E-state index is 5.41. The predicted octanol–water partition coefficient (Wildman–Crippen LogP) is 0.820. The number of ether oxygens (including phenoxy) is 2. The summed E-state index contributed by atoms with van der Waals surface area (Å²) >= 11 is 0. The van der Waals surface area contributed by atoms with Crippen molar-refractivity contribution in [3.8, 4) is 5.88 Å². The van der Waals surface area contributed by atoms with E-state index in [2.05, 4.69) is 31.8 Å². The van der Waals surface area contributed by atoms with Crippen LogP contribution in [0.1, 0.15) is 11.3 Å². The van der Waals surface area contributed by atoms with E-state index >= 15 is 0 Å². The predicted molar refractivity (Wildman–Crippen MR) is 87.1 cm³/mol. The topological polar surface area (TPSA) is 85.6 Å². The second-order valence-corrected chi connectivity index (χ2v) is 5.22. The normalized spacial score (nSPS) is 17.0. The lowest BCUT2D eigenvalue weighted by atomic mass is 10.2.